The monoisotopic (exact) mass is 296 g/mol. The van der Waals surface area contributed by atoms with Crippen LogP contribution in [-0.4, -0.2) is 54.9 Å². The number of carbonyl (C=O) groups excluding carboxylic acids is 1. The van der Waals surface area contributed by atoms with Crippen molar-refractivity contribution in [1.29, 1.82) is 0 Å². The van der Waals surface area contributed by atoms with Crippen LogP contribution in [0.1, 0.15) is 18.4 Å². The van der Waals surface area contributed by atoms with Crippen LogP contribution < -0.4 is 4.74 Å². The van der Waals surface area contributed by atoms with Crippen molar-refractivity contribution in [2.45, 2.75) is 32.0 Å². The molecule has 0 amide bonds. The minimum Gasteiger partial charge on any atom is -0.474 e. The van der Waals surface area contributed by atoms with E-state index in [0.717, 1.165) is 18.4 Å². The minimum atomic E-state index is -1.58. The van der Waals surface area contributed by atoms with Gasteiger partial charge >= 0.3 is 5.97 Å². The number of piperidine rings is 1. The van der Waals surface area contributed by atoms with Crippen LogP contribution in [0, 0.1) is 6.92 Å². The third-order valence-corrected chi connectivity index (χ3v) is 3.58. The molecule has 1 aromatic rings. The zero-order valence-electron chi connectivity index (χ0n) is 12.4. The number of hydrogen-bond donors (Lipinski definition) is 0. The van der Waals surface area contributed by atoms with Crippen molar-refractivity contribution in [2.75, 3.05) is 26.7 Å². The molecule has 0 aromatic carbocycles. The molecule has 1 saturated heterocycles. The van der Waals surface area contributed by atoms with Crippen LogP contribution >= 0.6 is 0 Å². The van der Waals surface area contributed by atoms with Crippen LogP contribution in [0.3, 0.4) is 0 Å². The molecule has 0 unspecified atom stereocenters. The third-order valence-electron chi connectivity index (χ3n) is 3.58. The number of rotatable bonds is 5. The number of halogens is 1. The summed E-state index contributed by atoms with van der Waals surface area (Å²) in [4.78, 5) is 17.2. The molecular weight excluding hydrogens is 275 g/mol. The Bertz CT molecular complexity index is 458. The Hall–Kier alpha value is -1.69. The van der Waals surface area contributed by atoms with Gasteiger partial charge in [-0.05, 0) is 25.3 Å². The number of pyridine rings is 1. The van der Waals surface area contributed by atoms with Gasteiger partial charge in [0.25, 0.3) is 0 Å². The first-order chi connectivity index (χ1) is 10.1. The molecule has 1 aliphatic heterocycles. The SMILES string of the molecule is COC(=O)[C@H](F)CN1CCC(Oc2ccc(C)cn2)CC1. The van der Waals surface area contributed by atoms with E-state index in [4.69, 9.17) is 4.74 Å². The Morgan fingerprint density at radius 1 is 1.48 bits per heavy atom. The molecule has 1 fully saturated rings. The standard InChI is InChI=1S/C15H21FN2O3/c1-11-3-4-14(17-9-11)21-12-5-7-18(8-6-12)10-13(16)15(19)20-2/h3-4,9,12-13H,5-8,10H2,1-2H3/t13-/m1/s1. The van der Waals surface area contributed by atoms with Gasteiger partial charge in [-0.3, -0.25) is 4.90 Å². The molecule has 0 N–H and O–H groups in total. The van der Waals surface area contributed by atoms with Crippen molar-refractivity contribution in [3.05, 3.63) is 23.9 Å². The van der Waals surface area contributed by atoms with E-state index >= 15 is 0 Å². The van der Waals surface area contributed by atoms with Crippen molar-refractivity contribution in [3.8, 4) is 5.88 Å². The molecule has 1 aliphatic rings. The number of hydrogen-bond acceptors (Lipinski definition) is 5. The summed E-state index contributed by atoms with van der Waals surface area (Å²) in [7, 11) is 1.20. The number of aromatic nitrogens is 1. The van der Waals surface area contributed by atoms with Gasteiger partial charge in [0.05, 0.1) is 7.11 Å². The minimum absolute atomic E-state index is 0.0855. The topological polar surface area (TPSA) is 51.7 Å². The summed E-state index contributed by atoms with van der Waals surface area (Å²) in [5, 5.41) is 0. The predicted molar refractivity (Wildman–Crippen MR) is 76.0 cm³/mol. The maximum Gasteiger partial charge on any atom is 0.341 e. The van der Waals surface area contributed by atoms with Gasteiger partial charge in [-0.15, -0.1) is 0 Å². The third kappa shape index (κ3) is 4.67. The second-order valence-corrected chi connectivity index (χ2v) is 5.28. The first-order valence-corrected chi connectivity index (χ1v) is 7.12. The number of aryl methyl sites for hydroxylation is 1. The van der Waals surface area contributed by atoms with E-state index in [9.17, 15) is 9.18 Å². The number of carbonyl (C=O) groups is 1. The van der Waals surface area contributed by atoms with Gasteiger partial charge in [0.1, 0.15) is 6.10 Å². The molecule has 0 radical (unpaired) electrons. The van der Waals surface area contributed by atoms with Gasteiger partial charge in [-0.2, -0.15) is 0 Å². The fourth-order valence-electron chi connectivity index (χ4n) is 2.33. The summed E-state index contributed by atoms with van der Waals surface area (Å²) >= 11 is 0. The molecule has 6 heteroatoms. The number of alkyl halides is 1. The fourth-order valence-corrected chi connectivity index (χ4v) is 2.33. The van der Waals surface area contributed by atoms with Gasteiger partial charge in [-0.1, -0.05) is 6.07 Å². The highest BCUT2D eigenvalue weighted by atomic mass is 19.1. The molecule has 5 nitrogen and oxygen atoms in total. The van der Waals surface area contributed by atoms with Crippen molar-refractivity contribution in [1.82, 2.24) is 9.88 Å². The highest BCUT2D eigenvalue weighted by Crippen LogP contribution is 2.18. The lowest BCUT2D eigenvalue weighted by molar-refractivity contribution is -0.147. The van der Waals surface area contributed by atoms with E-state index in [2.05, 4.69) is 9.72 Å². The lowest BCUT2D eigenvalue weighted by Crippen LogP contribution is -2.42. The summed E-state index contributed by atoms with van der Waals surface area (Å²) in [6.07, 6.45) is 1.88. The van der Waals surface area contributed by atoms with Crippen LogP contribution in [0.5, 0.6) is 5.88 Å². The average Bonchev–Trinajstić information content (AvgIpc) is 2.50. The zero-order valence-corrected chi connectivity index (χ0v) is 12.4. The maximum absolute atomic E-state index is 13.5. The van der Waals surface area contributed by atoms with E-state index in [1.165, 1.54) is 7.11 Å². The number of methoxy groups -OCH3 is 1. The van der Waals surface area contributed by atoms with Crippen LogP contribution in [0.15, 0.2) is 18.3 Å². The molecule has 1 atom stereocenters. The Morgan fingerprint density at radius 3 is 2.76 bits per heavy atom. The summed E-state index contributed by atoms with van der Waals surface area (Å²) in [5.41, 5.74) is 1.09. The molecule has 0 bridgehead atoms. The Labute approximate surface area is 124 Å². The van der Waals surface area contributed by atoms with Gasteiger partial charge in [-0.25, -0.2) is 14.2 Å². The van der Waals surface area contributed by atoms with Crippen LogP contribution in [0.2, 0.25) is 0 Å². The van der Waals surface area contributed by atoms with E-state index in [1.807, 2.05) is 24.0 Å². The normalized spacial score (nSPS) is 18.2. The highest BCUT2D eigenvalue weighted by molar-refractivity contribution is 5.74. The molecule has 116 valence electrons. The van der Waals surface area contributed by atoms with Gasteiger partial charge in [0.15, 0.2) is 0 Å². The molecular formula is C15H21FN2O3. The maximum atomic E-state index is 13.5. The Balaban J connectivity index is 1.75. The summed E-state index contributed by atoms with van der Waals surface area (Å²) < 4.78 is 23.7. The largest absolute Gasteiger partial charge is 0.474 e. The summed E-state index contributed by atoms with van der Waals surface area (Å²) in [6, 6.07) is 3.82. The first kappa shape index (κ1) is 15.7. The lowest BCUT2D eigenvalue weighted by atomic mass is 10.1. The van der Waals surface area contributed by atoms with Crippen molar-refractivity contribution in [2.24, 2.45) is 0 Å². The second kappa shape index (κ2) is 7.36. The zero-order chi connectivity index (χ0) is 15.2. The van der Waals surface area contributed by atoms with Gasteiger partial charge in [0.2, 0.25) is 12.1 Å². The van der Waals surface area contributed by atoms with Gasteiger partial charge in [0, 0.05) is 31.9 Å². The van der Waals surface area contributed by atoms with E-state index in [0.29, 0.717) is 19.0 Å². The molecule has 0 spiro atoms. The van der Waals surface area contributed by atoms with Crippen molar-refractivity contribution >= 4 is 5.97 Å². The molecule has 2 heterocycles. The van der Waals surface area contributed by atoms with Crippen molar-refractivity contribution in [3.63, 3.8) is 0 Å². The highest BCUT2D eigenvalue weighted by Gasteiger charge is 2.26. The van der Waals surface area contributed by atoms with Crippen molar-refractivity contribution < 1.29 is 18.7 Å². The van der Waals surface area contributed by atoms with E-state index < -0.39 is 12.1 Å². The van der Waals surface area contributed by atoms with Gasteiger partial charge < -0.3 is 9.47 Å². The van der Waals surface area contributed by atoms with E-state index in [1.54, 1.807) is 6.20 Å². The van der Waals surface area contributed by atoms with Crippen LogP contribution in [0.25, 0.3) is 0 Å². The fraction of sp³-hybridized carbons (Fsp3) is 0.600. The molecule has 2 rings (SSSR count). The Morgan fingerprint density at radius 2 is 2.19 bits per heavy atom. The Kier molecular flexibility index (Phi) is 5.50. The lowest BCUT2D eigenvalue weighted by Gasteiger charge is -2.32. The molecule has 0 aliphatic carbocycles. The molecule has 1 aromatic heterocycles. The quantitative estimate of drug-likeness (QED) is 0.775. The summed E-state index contributed by atoms with van der Waals surface area (Å²) in [6.45, 7) is 3.47. The smallest absolute Gasteiger partial charge is 0.341 e. The van der Waals surface area contributed by atoms with E-state index in [-0.39, 0.29) is 12.6 Å². The van der Waals surface area contributed by atoms with Crippen LogP contribution in [-0.2, 0) is 9.53 Å². The second-order valence-electron chi connectivity index (χ2n) is 5.28. The predicted octanol–water partition coefficient (Wildman–Crippen LogP) is 1.74. The number of nitrogens with zero attached hydrogens (tertiary/aromatic N) is 2. The average molecular weight is 296 g/mol. The summed E-state index contributed by atoms with van der Waals surface area (Å²) in [5.74, 6) is -0.186. The molecule has 21 heavy (non-hydrogen) atoms. The number of likely N-dealkylation sites (tertiary alicyclic amines) is 1. The molecule has 0 saturated carbocycles. The number of ether oxygens (including phenoxy) is 2. The van der Waals surface area contributed by atoms with Crippen LogP contribution in [0.4, 0.5) is 4.39 Å². The first-order valence-electron chi connectivity index (χ1n) is 7.12. The number of esters is 1.